The van der Waals surface area contributed by atoms with Crippen molar-refractivity contribution in [3.05, 3.63) is 49.8 Å². The van der Waals surface area contributed by atoms with E-state index >= 15 is 0 Å². The fourth-order valence-electron chi connectivity index (χ4n) is 1.000. The van der Waals surface area contributed by atoms with Crippen molar-refractivity contribution >= 4 is 12.1 Å². The molecular weight excluding hydrogens is 262 g/mol. The molecule has 0 aromatic rings. The molecule has 0 heterocycles. The Balaban J connectivity index is 3.61. The highest BCUT2D eigenvalue weighted by Gasteiger charge is 2.02. The minimum atomic E-state index is -0.615. The van der Waals surface area contributed by atoms with E-state index in [4.69, 9.17) is 9.47 Å². The van der Waals surface area contributed by atoms with Gasteiger partial charge in [-0.1, -0.05) is 25.8 Å². The standard InChI is InChI=1S/C14H19NO5/c1-4-7-12(5-2)18-10-11-20-14(17)15-8-9-19-13(16)6-3/h4-7H,1-3,8-11H2,(H,15,17)/b12-7+. The molecule has 6 nitrogen and oxygen atoms in total. The lowest BCUT2D eigenvalue weighted by Crippen LogP contribution is -2.29. The fraction of sp³-hybridized carbons (Fsp3) is 0.286. The Morgan fingerprint density at radius 1 is 0.950 bits per heavy atom. The number of alkyl carbamates (subject to hydrolysis) is 1. The lowest BCUT2D eigenvalue weighted by molar-refractivity contribution is -0.137. The Bertz CT molecular complexity index is 387. The zero-order chi connectivity index (χ0) is 15.2. The van der Waals surface area contributed by atoms with Crippen LogP contribution in [0.25, 0.3) is 0 Å². The van der Waals surface area contributed by atoms with Crippen LogP contribution in [0.4, 0.5) is 4.79 Å². The maximum absolute atomic E-state index is 11.2. The third kappa shape index (κ3) is 9.52. The lowest BCUT2D eigenvalue weighted by Gasteiger charge is -2.08. The van der Waals surface area contributed by atoms with Crippen LogP contribution < -0.4 is 5.32 Å². The summed E-state index contributed by atoms with van der Waals surface area (Å²) in [5.41, 5.74) is 0. The quantitative estimate of drug-likeness (QED) is 0.217. The first kappa shape index (κ1) is 17.5. The van der Waals surface area contributed by atoms with Gasteiger partial charge in [0, 0.05) is 6.08 Å². The summed E-state index contributed by atoms with van der Waals surface area (Å²) < 4.78 is 14.7. The average Bonchev–Trinajstić information content (AvgIpc) is 2.46. The molecule has 1 amide bonds. The normalized spacial score (nSPS) is 10.1. The maximum Gasteiger partial charge on any atom is 0.407 e. The molecule has 6 heteroatoms. The molecule has 0 aliphatic carbocycles. The molecule has 0 saturated carbocycles. The van der Waals surface area contributed by atoms with E-state index in [2.05, 4.69) is 29.8 Å². The number of ether oxygens (including phenoxy) is 3. The molecule has 0 spiro atoms. The van der Waals surface area contributed by atoms with Crippen LogP contribution in [0, 0.1) is 0 Å². The maximum atomic E-state index is 11.2. The molecule has 0 aliphatic rings. The highest BCUT2D eigenvalue weighted by Crippen LogP contribution is 1.98. The number of nitrogens with one attached hydrogen (secondary N) is 1. The molecule has 0 rings (SSSR count). The van der Waals surface area contributed by atoms with Gasteiger partial charge in [0.1, 0.15) is 25.6 Å². The van der Waals surface area contributed by atoms with Crippen LogP contribution in [0.3, 0.4) is 0 Å². The highest BCUT2D eigenvalue weighted by molar-refractivity contribution is 5.81. The summed E-state index contributed by atoms with van der Waals surface area (Å²) in [6.07, 6.45) is 5.16. The van der Waals surface area contributed by atoms with Crippen LogP contribution in [0.15, 0.2) is 49.8 Å². The van der Waals surface area contributed by atoms with Crippen LogP contribution in [0.5, 0.6) is 0 Å². The molecule has 0 atom stereocenters. The number of hydrogen-bond acceptors (Lipinski definition) is 5. The van der Waals surface area contributed by atoms with Crippen molar-refractivity contribution in [3.63, 3.8) is 0 Å². The van der Waals surface area contributed by atoms with Crippen LogP contribution >= 0.6 is 0 Å². The second-order valence-electron chi connectivity index (χ2n) is 3.29. The molecule has 0 radical (unpaired) electrons. The van der Waals surface area contributed by atoms with E-state index in [9.17, 15) is 9.59 Å². The van der Waals surface area contributed by atoms with Crippen LogP contribution in [0.2, 0.25) is 0 Å². The number of hydrogen-bond donors (Lipinski definition) is 1. The molecule has 0 unspecified atom stereocenters. The molecular formula is C14H19NO5. The molecule has 1 N–H and O–H groups in total. The predicted octanol–water partition coefficient (Wildman–Crippen LogP) is 1.71. The van der Waals surface area contributed by atoms with Gasteiger partial charge in [-0.2, -0.15) is 0 Å². The highest BCUT2D eigenvalue weighted by atomic mass is 16.6. The summed E-state index contributed by atoms with van der Waals surface area (Å²) >= 11 is 0. The largest absolute Gasteiger partial charge is 0.490 e. The van der Waals surface area contributed by atoms with E-state index in [1.165, 1.54) is 6.08 Å². The minimum Gasteiger partial charge on any atom is -0.490 e. The van der Waals surface area contributed by atoms with Gasteiger partial charge in [0.25, 0.3) is 0 Å². The topological polar surface area (TPSA) is 73.9 Å². The van der Waals surface area contributed by atoms with Gasteiger partial charge in [-0.3, -0.25) is 0 Å². The van der Waals surface area contributed by atoms with Gasteiger partial charge in [0.05, 0.1) is 6.54 Å². The lowest BCUT2D eigenvalue weighted by atomic mass is 10.4. The van der Waals surface area contributed by atoms with Crippen LogP contribution in [-0.2, 0) is 19.0 Å². The summed E-state index contributed by atoms with van der Waals surface area (Å²) in [7, 11) is 0. The third-order valence-corrected chi connectivity index (χ3v) is 1.85. The number of rotatable bonds is 10. The summed E-state index contributed by atoms with van der Waals surface area (Å²) in [5, 5.41) is 2.41. The van der Waals surface area contributed by atoms with Crippen molar-refractivity contribution in [1.82, 2.24) is 5.32 Å². The van der Waals surface area contributed by atoms with Crippen molar-refractivity contribution in [3.8, 4) is 0 Å². The van der Waals surface area contributed by atoms with Crippen LogP contribution in [-0.4, -0.2) is 38.4 Å². The number of carbonyl (C=O) groups excluding carboxylic acids is 2. The average molecular weight is 281 g/mol. The van der Waals surface area contributed by atoms with E-state index in [-0.39, 0.29) is 26.4 Å². The van der Waals surface area contributed by atoms with E-state index < -0.39 is 12.1 Å². The van der Waals surface area contributed by atoms with Crippen molar-refractivity contribution < 1.29 is 23.8 Å². The Labute approximate surface area is 118 Å². The number of carbonyl (C=O) groups is 2. The molecule has 0 fully saturated rings. The second kappa shape index (κ2) is 11.6. The molecule has 20 heavy (non-hydrogen) atoms. The Kier molecular flexibility index (Phi) is 10.1. The number of esters is 1. The van der Waals surface area contributed by atoms with Gasteiger partial charge in [0.2, 0.25) is 0 Å². The van der Waals surface area contributed by atoms with Gasteiger partial charge in [-0.05, 0) is 12.2 Å². The molecule has 110 valence electrons. The van der Waals surface area contributed by atoms with Crippen molar-refractivity contribution in [1.29, 1.82) is 0 Å². The summed E-state index contributed by atoms with van der Waals surface area (Å²) in [5.74, 6) is -0.000117. The van der Waals surface area contributed by atoms with Crippen LogP contribution in [0.1, 0.15) is 0 Å². The fourth-order valence-corrected chi connectivity index (χ4v) is 1.000. The SMILES string of the molecule is C=C/C=C(\C=C)OCCOC(=O)NCCOC(=O)C=C. The molecule has 0 saturated heterocycles. The first-order chi connectivity index (χ1) is 9.63. The third-order valence-electron chi connectivity index (χ3n) is 1.85. The van der Waals surface area contributed by atoms with E-state index in [1.807, 2.05) is 0 Å². The van der Waals surface area contributed by atoms with E-state index in [0.717, 1.165) is 6.08 Å². The summed E-state index contributed by atoms with van der Waals surface area (Å²) in [6, 6.07) is 0. The number of allylic oxidation sites excluding steroid dienone is 3. The number of amides is 1. The van der Waals surface area contributed by atoms with Crippen molar-refractivity contribution in [2.75, 3.05) is 26.4 Å². The zero-order valence-corrected chi connectivity index (χ0v) is 11.3. The monoisotopic (exact) mass is 281 g/mol. The zero-order valence-electron chi connectivity index (χ0n) is 11.3. The summed E-state index contributed by atoms with van der Waals surface area (Å²) in [6.45, 7) is 10.8. The van der Waals surface area contributed by atoms with Gasteiger partial charge in [-0.15, -0.1) is 0 Å². The van der Waals surface area contributed by atoms with Gasteiger partial charge < -0.3 is 19.5 Å². The van der Waals surface area contributed by atoms with Crippen molar-refractivity contribution in [2.24, 2.45) is 0 Å². The summed E-state index contributed by atoms with van der Waals surface area (Å²) in [4.78, 5) is 21.9. The molecule has 0 aromatic carbocycles. The first-order valence-electron chi connectivity index (χ1n) is 5.91. The molecule has 0 bridgehead atoms. The van der Waals surface area contributed by atoms with Gasteiger partial charge in [-0.25, -0.2) is 9.59 Å². The Morgan fingerprint density at radius 3 is 2.25 bits per heavy atom. The smallest absolute Gasteiger partial charge is 0.407 e. The van der Waals surface area contributed by atoms with Crippen molar-refractivity contribution in [2.45, 2.75) is 0 Å². The van der Waals surface area contributed by atoms with E-state index in [0.29, 0.717) is 5.76 Å². The Hall–Kier alpha value is -2.50. The molecule has 0 aliphatic heterocycles. The predicted molar refractivity (Wildman–Crippen MR) is 74.9 cm³/mol. The Morgan fingerprint density at radius 2 is 1.65 bits per heavy atom. The van der Waals surface area contributed by atoms with Gasteiger partial charge >= 0.3 is 12.1 Å². The first-order valence-corrected chi connectivity index (χ1v) is 5.91. The molecule has 0 aromatic heterocycles. The van der Waals surface area contributed by atoms with Gasteiger partial charge in [0.15, 0.2) is 0 Å². The minimum absolute atomic E-state index is 0.0547. The second-order valence-corrected chi connectivity index (χ2v) is 3.29. The van der Waals surface area contributed by atoms with E-state index in [1.54, 1.807) is 12.2 Å².